The molecule has 0 amide bonds. The lowest BCUT2D eigenvalue weighted by atomic mass is 10.3. The number of hydrogen-bond acceptors (Lipinski definition) is 4. The summed E-state index contributed by atoms with van der Waals surface area (Å²) >= 11 is 0. The van der Waals surface area contributed by atoms with Gasteiger partial charge < -0.3 is 9.50 Å². The molecule has 0 aliphatic rings. The van der Waals surface area contributed by atoms with Crippen molar-refractivity contribution < 1.29 is 5.02 Å². The lowest BCUT2D eigenvalue weighted by Crippen LogP contribution is -2.54. The van der Waals surface area contributed by atoms with E-state index in [1.165, 1.54) is 0 Å². The first-order chi connectivity index (χ1) is 6.00. The fourth-order valence-corrected chi connectivity index (χ4v) is 0.784. The largest absolute Gasteiger partial charge is 0.449 e. The van der Waals surface area contributed by atoms with Crippen LogP contribution in [0.2, 0.25) is 0 Å². The van der Waals surface area contributed by atoms with Gasteiger partial charge in [-0.3, -0.25) is 13.8 Å². The molecule has 0 fully saturated rings. The third kappa shape index (κ3) is 1.26. The molecule has 1 N–H and O–H groups in total. The van der Waals surface area contributed by atoms with Gasteiger partial charge in [-0.25, -0.2) is 9.59 Å². The van der Waals surface area contributed by atoms with E-state index in [0.29, 0.717) is 9.05 Å². The average molecular weight is 180 g/mol. The molecule has 0 bridgehead atoms. The normalized spacial score (nSPS) is 10.0. The van der Waals surface area contributed by atoms with Crippen LogP contribution in [0.1, 0.15) is 0 Å². The van der Waals surface area contributed by atoms with Crippen LogP contribution in [-0.2, 0) is 7.05 Å². The molecule has 0 unspecified atom stereocenters. The van der Waals surface area contributed by atoms with E-state index in [2.05, 4.69) is 0 Å². The lowest BCUT2D eigenvalue weighted by Gasteiger charge is -2.04. The molecular formula is C4H4B2N3O4. The molecule has 13 heavy (non-hydrogen) atoms. The molecule has 65 valence electrons. The van der Waals surface area contributed by atoms with Gasteiger partial charge in [0.1, 0.15) is 0 Å². The van der Waals surface area contributed by atoms with Gasteiger partial charge in [0, 0.05) is 7.05 Å². The zero-order valence-electron chi connectivity index (χ0n) is 6.67. The molecular weight excluding hydrogens is 176 g/mol. The van der Waals surface area contributed by atoms with Gasteiger partial charge in [0.2, 0.25) is 7.98 Å². The Morgan fingerprint density at radius 3 is 2.23 bits per heavy atom. The molecule has 9 heteroatoms. The Bertz CT molecular complexity index is 457. The molecule has 1 heterocycles. The maximum atomic E-state index is 11.1. The summed E-state index contributed by atoms with van der Waals surface area (Å²) in [4.78, 5) is 33.0. The Balaban J connectivity index is 3.89. The van der Waals surface area contributed by atoms with Gasteiger partial charge in [-0.1, -0.05) is 0 Å². The van der Waals surface area contributed by atoms with E-state index in [1.807, 2.05) is 0 Å². The zero-order valence-corrected chi connectivity index (χ0v) is 6.67. The number of nitrogens with zero attached hydrogens (tertiary/aromatic N) is 3. The molecule has 1 aromatic rings. The van der Waals surface area contributed by atoms with Crippen molar-refractivity contribution in [3.63, 3.8) is 0 Å². The number of rotatable bonds is 1. The second-order valence-corrected chi connectivity index (χ2v) is 2.26. The van der Waals surface area contributed by atoms with E-state index in [4.69, 9.17) is 13.0 Å². The van der Waals surface area contributed by atoms with Gasteiger partial charge in [-0.05, 0) is 0 Å². The van der Waals surface area contributed by atoms with Crippen LogP contribution in [0.4, 0.5) is 0 Å². The van der Waals surface area contributed by atoms with E-state index in [-0.39, 0.29) is 12.1 Å². The van der Waals surface area contributed by atoms with Crippen molar-refractivity contribution in [2.45, 2.75) is 0 Å². The van der Waals surface area contributed by atoms with Crippen LogP contribution < -0.4 is 17.1 Å². The van der Waals surface area contributed by atoms with E-state index >= 15 is 0 Å². The average Bonchev–Trinajstić information content (AvgIpc) is 2.13. The Hall–Kier alpha value is -1.50. The number of hydrogen-bond donors (Lipinski definition) is 1. The maximum Gasteiger partial charge on any atom is 0.449 e. The molecule has 3 radical (unpaired) electrons. The van der Waals surface area contributed by atoms with Crippen LogP contribution in [0.5, 0.6) is 0 Å². The zero-order chi connectivity index (χ0) is 10.2. The minimum atomic E-state index is -1.10. The van der Waals surface area contributed by atoms with Gasteiger partial charge in [0.05, 0.1) is 0 Å². The standard InChI is InChI=1S/C4H4B2N3O4/c1-7-2(10)8(5)4(12)9(6-13)3(7)11/h13H,1H3. The van der Waals surface area contributed by atoms with Crippen molar-refractivity contribution in [1.29, 1.82) is 0 Å². The molecule has 0 aliphatic carbocycles. The summed E-state index contributed by atoms with van der Waals surface area (Å²) in [5.41, 5.74) is -3.01. The Labute approximate surface area is 73.6 Å². The summed E-state index contributed by atoms with van der Waals surface area (Å²) in [5.74, 6) is 0. The van der Waals surface area contributed by atoms with Crippen molar-refractivity contribution in [1.82, 2.24) is 13.5 Å². The molecule has 0 saturated carbocycles. The molecule has 1 aromatic heterocycles. The minimum Gasteiger partial charge on any atom is -0.434 e. The summed E-state index contributed by atoms with van der Waals surface area (Å²) in [6.45, 7) is 0. The highest BCUT2D eigenvalue weighted by molar-refractivity contribution is 6.23. The second-order valence-electron chi connectivity index (χ2n) is 2.26. The summed E-state index contributed by atoms with van der Waals surface area (Å²) in [6.07, 6.45) is 0. The van der Waals surface area contributed by atoms with Crippen LogP contribution in [0, 0.1) is 0 Å². The third-order valence-electron chi connectivity index (χ3n) is 1.51. The molecule has 0 spiro atoms. The van der Waals surface area contributed by atoms with Crippen molar-refractivity contribution in [3.8, 4) is 0 Å². The smallest absolute Gasteiger partial charge is 0.434 e. The van der Waals surface area contributed by atoms with Gasteiger partial charge in [0.15, 0.2) is 0 Å². The van der Waals surface area contributed by atoms with Crippen molar-refractivity contribution in [3.05, 3.63) is 31.5 Å². The molecule has 0 aliphatic heterocycles. The van der Waals surface area contributed by atoms with E-state index in [0.717, 1.165) is 7.05 Å². The topological polar surface area (TPSA) is 86.2 Å². The van der Waals surface area contributed by atoms with Gasteiger partial charge in [0.25, 0.3) is 0 Å². The first-order valence-corrected chi connectivity index (χ1v) is 3.18. The fourth-order valence-electron chi connectivity index (χ4n) is 0.784. The lowest BCUT2D eigenvalue weighted by molar-refractivity contribution is 0.559. The highest BCUT2D eigenvalue weighted by atomic mass is 16.2. The fraction of sp³-hybridized carbons (Fsp3) is 0.250. The quantitative estimate of drug-likeness (QED) is 0.446. The first kappa shape index (κ1) is 9.59. The van der Waals surface area contributed by atoms with Crippen LogP contribution in [0.3, 0.4) is 0 Å². The third-order valence-corrected chi connectivity index (χ3v) is 1.51. The van der Waals surface area contributed by atoms with Crippen LogP contribution in [-0.4, -0.2) is 34.1 Å². The van der Waals surface area contributed by atoms with E-state index in [9.17, 15) is 14.4 Å². The Kier molecular flexibility index (Phi) is 2.28. The van der Waals surface area contributed by atoms with Crippen molar-refractivity contribution in [2.24, 2.45) is 7.05 Å². The van der Waals surface area contributed by atoms with Crippen LogP contribution in [0.15, 0.2) is 14.4 Å². The van der Waals surface area contributed by atoms with Crippen LogP contribution in [0.25, 0.3) is 0 Å². The summed E-state index contributed by atoms with van der Waals surface area (Å²) in [6, 6.07) is 0. The molecule has 0 aromatic carbocycles. The molecule has 0 atom stereocenters. The minimum absolute atomic E-state index is 0.216. The predicted octanol–water partition coefficient (Wildman–Crippen LogP) is -3.99. The predicted molar refractivity (Wildman–Crippen MR) is 44.7 cm³/mol. The second kappa shape index (κ2) is 3.09. The highest BCUT2D eigenvalue weighted by Gasteiger charge is 2.09. The van der Waals surface area contributed by atoms with Gasteiger partial charge in [-0.2, -0.15) is 0 Å². The summed E-state index contributed by atoms with van der Waals surface area (Å²) in [7, 11) is 6.38. The Morgan fingerprint density at radius 1 is 1.23 bits per heavy atom. The first-order valence-electron chi connectivity index (χ1n) is 3.18. The van der Waals surface area contributed by atoms with Crippen molar-refractivity contribution >= 4 is 15.6 Å². The summed E-state index contributed by atoms with van der Waals surface area (Å²) in [5, 5.41) is 8.49. The molecule has 1 rings (SSSR count). The SMILES string of the molecule is [B]n1c(=O)n(C)c(=O)n([B]O)c1=O. The van der Waals surface area contributed by atoms with Crippen molar-refractivity contribution in [2.75, 3.05) is 0 Å². The maximum absolute atomic E-state index is 11.1. The highest BCUT2D eigenvalue weighted by Crippen LogP contribution is 1.59. The summed E-state index contributed by atoms with van der Waals surface area (Å²) < 4.78 is 1.11. The molecule has 0 saturated heterocycles. The van der Waals surface area contributed by atoms with Crippen LogP contribution >= 0.6 is 0 Å². The van der Waals surface area contributed by atoms with E-state index < -0.39 is 17.1 Å². The van der Waals surface area contributed by atoms with Gasteiger partial charge in [-0.15, -0.1) is 0 Å². The monoisotopic (exact) mass is 180 g/mol. The van der Waals surface area contributed by atoms with Gasteiger partial charge >= 0.3 is 24.7 Å². The van der Waals surface area contributed by atoms with E-state index in [1.54, 1.807) is 0 Å². The Morgan fingerprint density at radius 2 is 1.77 bits per heavy atom. The molecule has 7 nitrogen and oxygen atoms in total. The number of aromatic nitrogens is 3.